The molecule has 1 fully saturated rings. The topological polar surface area (TPSA) is 88.6 Å². The van der Waals surface area contributed by atoms with Crippen LogP contribution in [0.3, 0.4) is 0 Å². The first kappa shape index (κ1) is 14.6. The van der Waals surface area contributed by atoms with Crippen molar-refractivity contribution in [3.05, 3.63) is 18.0 Å². The fraction of sp³-hybridized carbons (Fsp3) is 0.500. The number of ether oxygens (including phenoxy) is 1. The molecule has 0 bridgehead atoms. The molecule has 0 aliphatic heterocycles. The Morgan fingerprint density at radius 3 is 2.60 bits per heavy atom. The lowest BCUT2D eigenvalue weighted by molar-refractivity contribution is 0.0822. The fourth-order valence-corrected chi connectivity index (χ4v) is 2.13. The van der Waals surface area contributed by atoms with Crippen molar-refractivity contribution in [3.63, 3.8) is 0 Å². The van der Waals surface area contributed by atoms with Gasteiger partial charge in [-0.3, -0.25) is 9.52 Å². The van der Waals surface area contributed by atoms with Crippen molar-refractivity contribution in [1.82, 2.24) is 9.88 Å². The van der Waals surface area contributed by atoms with Gasteiger partial charge in [-0.2, -0.15) is 0 Å². The number of carbonyl (C=O) groups is 1. The van der Waals surface area contributed by atoms with E-state index in [0.29, 0.717) is 5.75 Å². The minimum atomic E-state index is -3.54. The van der Waals surface area contributed by atoms with E-state index >= 15 is 0 Å². The standard InChI is InChI=1S/C12H17N3O4S/c1-15(2)12(16)11-10(14-20(3,17)18)9(6-7-13-11)19-8-4-5-8/h6-8,14H,4-5H2,1-3H3. The highest BCUT2D eigenvalue weighted by molar-refractivity contribution is 7.92. The van der Waals surface area contributed by atoms with E-state index in [-0.39, 0.29) is 17.5 Å². The number of aromatic nitrogens is 1. The third kappa shape index (κ3) is 3.60. The average Bonchev–Trinajstić information content (AvgIpc) is 3.12. The van der Waals surface area contributed by atoms with Crippen molar-refractivity contribution >= 4 is 21.6 Å². The molecule has 0 radical (unpaired) electrons. The Balaban J connectivity index is 2.46. The zero-order valence-electron chi connectivity index (χ0n) is 11.6. The molecule has 1 aromatic heterocycles. The summed E-state index contributed by atoms with van der Waals surface area (Å²) in [5.41, 5.74) is 0.124. The van der Waals surface area contributed by atoms with Crippen LogP contribution in [0.1, 0.15) is 23.3 Å². The number of sulfonamides is 1. The molecule has 1 N–H and O–H groups in total. The Hall–Kier alpha value is -1.83. The molecule has 7 nitrogen and oxygen atoms in total. The summed E-state index contributed by atoms with van der Waals surface area (Å²) in [5, 5.41) is 0. The lowest BCUT2D eigenvalue weighted by Gasteiger charge is -2.17. The van der Waals surface area contributed by atoms with Crippen molar-refractivity contribution < 1.29 is 17.9 Å². The summed E-state index contributed by atoms with van der Waals surface area (Å²) in [6, 6.07) is 1.55. The quantitative estimate of drug-likeness (QED) is 0.864. The van der Waals surface area contributed by atoms with Crippen LogP contribution in [-0.2, 0) is 10.0 Å². The van der Waals surface area contributed by atoms with E-state index in [0.717, 1.165) is 19.1 Å². The lowest BCUT2D eigenvalue weighted by Crippen LogP contribution is -2.25. The molecule has 2 rings (SSSR count). The molecule has 0 spiro atoms. The number of hydrogen-bond donors (Lipinski definition) is 1. The summed E-state index contributed by atoms with van der Waals surface area (Å²) in [6.07, 6.45) is 4.39. The van der Waals surface area contributed by atoms with Gasteiger partial charge in [0, 0.05) is 26.4 Å². The Kier molecular flexibility index (Phi) is 3.85. The number of anilines is 1. The molecule has 1 amide bonds. The van der Waals surface area contributed by atoms with Gasteiger partial charge in [0.2, 0.25) is 10.0 Å². The van der Waals surface area contributed by atoms with E-state index < -0.39 is 15.9 Å². The van der Waals surface area contributed by atoms with Crippen LogP contribution in [0.2, 0.25) is 0 Å². The van der Waals surface area contributed by atoms with E-state index in [4.69, 9.17) is 4.74 Å². The first-order valence-electron chi connectivity index (χ1n) is 6.13. The molecule has 1 aliphatic rings. The SMILES string of the molecule is CN(C)C(=O)c1nccc(OC2CC2)c1NS(C)(=O)=O. The molecule has 20 heavy (non-hydrogen) atoms. The lowest BCUT2D eigenvalue weighted by atomic mass is 10.2. The Labute approximate surface area is 118 Å². The van der Waals surface area contributed by atoms with Crippen LogP contribution in [0, 0.1) is 0 Å². The smallest absolute Gasteiger partial charge is 0.274 e. The molecule has 0 aromatic carbocycles. The van der Waals surface area contributed by atoms with Gasteiger partial charge < -0.3 is 9.64 Å². The zero-order chi connectivity index (χ0) is 14.9. The van der Waals surface area contributed by atoms with E-state index in [9.17, 15) is 13.2 Å². The molecule has 0 saturated heterocycles. The van der Waals surface area contributed by atoms with Gasteiger partial charge >= 0.3 is 0 Å². The number of carbonyl (C=O) groups excluding carboxylic acids is 1. The van der Waals surface area contributed by atoms with Gasteiger partial charge in [0.1, 0.15) is 11.4 Å². The Morgan fingerprint density at radius 2 is 2.10 bits per heavy atom. The van der Waals surface area contributed by atoms with Gasteiger partial charge in [-0.1, -0.05) is 0 Å². The molecule has 1 aromatic rings. The molecule has 110 valence electrons. The Morgan fingerprint density at radius 1 is 1.45 bits per heavy atom. The maximum atomic E-state index is 12.1. The number of pyridine rings is 1. The van der Waals surface area contributed by atoms with Gasteiger partial charge in [-0.25, -0.2) is 13.4 Å². The van der Waals surface area contributed by atoms with E-state index in [1.165, 1.54) is 11.1 Å². The average molecular weight is 299 g/mol. The Bertz CT molecular complexity index is 624. The molecule has 0 atom stereocenters. The molecule has 1 aliphatic carbocycles. The summed E-state index contributed by atoms with van der Waals surface area (Å²) in [7, 11) is -0.393. The van der Waals surface area contributed by atoms with E-state index in [2.05, 4.69) is 9.71 Å². The fourth-order valence-electron chi connectivity index (χ4n) is 1.57. The van der Waals surface area contributed by atoms with Crippen LogP contribution in [-0.4, -0.2) is 50.7 Å². The molecule has 8 heteroatoms. The first-order valence-corrected chi connectivity index (χ1v) is 8.02. The van der Waals surface area contributed by atoms with Gasteiger partial charge in [0.15, 0.2) is 5.69 Å². The van der Waals surface area contributed by atoms with Crippen LogP contribution in [0.5, 0.6) is 5.75 Å². The van der Waals surface area contributed by atoms with Gasteiger partial charge in [-0.15, -0.1) is 0 Å². The highest BCUT2D eigenvalue weighted by Crippen LogP contribution is 2.34. The summed E-state index contributed by atoms with van der Waals surface area (Å²) in [6.45, 7) is 0. The summed E-state index contributed by atoms with van der Waals surface area (Å²) < 4.78 is 30.9. The number of amides is 1. The van der Waals surface area contributed by atoms with Crippen molar-refractivity contribution in [3.8, 4) is 5.75 Å². The normalized spacial score (nSPS) is 14.8. The maximum absolute atomic E-state index is 12.1. The first-order chi connectivity index (χ1) is 9.28. The van der Waals surface area contributed by atoms with Crippen LogP contribution < -0.4 is 9.46 Å². The highest BCUT2D eigenvalue weighted by atomic mass is 32.2. The second kappa shape index (κ2) is 5.28. The molecule has 0 unspecified atom stereocenters. The van der Waals surface area contributed by atoms with Crippen LogP contribution >= 0.6 is 0 Å². The van der Waals surface area contributed by atoms with Crippen molar-refractivity contribution in [1.29, 1.82) is 0 Å². The second-order valence-corrected chi connectivity index (χ2v) is 6.67. The predicted molar refractivity (Wildman–Crippen MR) is 74.4 cm³/mol. The maximum Gasteiger partial charge on any atom is 0.274 e. The summed E-state index contributed by atoms with van der Waals surface area (Å²) in [4.78, 5) is 17.4. The van der Waals surface area contributed by atoms with Crippen LogP contribution in [0.15, 0.2) is 12.3 Å². The van der Waals surface area contributed by atoms with Crippen molar-refractivity contribution in [2.45, 2.75) is 18.9 Å². The van der Waals surface area contributed by atoms with Crippen LogP contribution in [0.25, 0.3) is 0 Å². The molecule has 1 heterocycles. The number of nitrogens with zero attached hydrogens (tertiary/aromatic N) is 2. The van der Waals surface area contributed by atoms with Crippen molar-refractivity contribution in [2.75, 3.05) is 25.1 Å². The van der Waals surface area contributed by atoms with Gasteiger partial charge in [0.05, 0.1) is 12.4 Å². The minimum absolute atomic E-state index is 0.0265. The summed E-state index contributed by atoms with van der Waals surface area (Å²) in [5.74, 6) is -0.0597. The number of hydrogen-bond acceptors (Lipinski definition) is 5. The molecular weight excluding hydrogens is 282 g/mol. The summed E-state index contributed by atoms with van der Waals surface area (Å²) >= 11 is 0. The zero-order valence-corrected chi connectivity index (χ0v) is 12.4. The largest absolute Gasteiger partial charge is 0.488 e. The van der Waals surface area contributed by atoms with Crippen LogP contribution in [0.4, 0.5) is 5.69 Å². The monoisotopic (exact) mass is 299 g/mol. The third-order valence-corrected chi connectivity index (χ3v) is 3.20. The predicted octanol–water partition coefficient (Wildman–Crippen LogP) is 0.696. The molecule has 1 saturated carbocycles. The van der Waals surface area contributed by atoms with Gasteiger partial charge in [-0.05, 0) is 12.8 Å². The number of nitrogens with one attached hydrogen (secondary N) is 1. The second-order valence-electron chi connectivity index (χ2n) is 4.92. The highest BCUT2D eigenvalue weighted by Gasteiger charge is 2.27. The van der Waals surface area contributed by atoms with Gasteiger partial charge in [0.25, 0.3) is 5.91 Å². The van der Waals surface area contributed by atoms with Crippen molar-refractivity contribution in [2.24, 2.45) is 0 Å². The third-order valence-electron chi connectivity index (χ3n) is 2.63. The van der Waals surface area contributed by atoms with E-state index in [1.807, 2.05) is 0 Å². The minimum Gasteiger partial charge on any atom is -0.488 e. The molecular formula is C12H17N3O4S. The number of rotatable bonds is 5. The van der Waals surface area contributed by atoms with E-state index in [1.54, 1.807) is 20.2 Å².